The minimum atomic E-state index is -0.691. The number of aromatic nitrogens is 4. The van der Waals surface area contributed by atoms with Gasteiger partial charge in [0.05, 0.1) is 17.9 Å². The third kappa shape index (κ3) is 2.34. The average Bonchev–Trinajstić information content (AvgIpc) is 3.02. The topological polar surface area (TPSA) is 110 Å². The van der Waals surface area contributed by atoms with E-state index in [4.69, 9.17) is 5.73 Å². The summed E-state index contributed by atoms with van der Waals surface area (Å²) in [4.78, 5) is 26.8. The van der Waals surface area contributed by atoms with Crippen LogP contribution in [-0.2, 0) is 0 Å². The highest BCUT2D eigenvalue weighted by Gasteiger charge is 2.12. The molecule has 3 aromatic heterocycles. The number of nitrogens with zero attached hydrogens (tertiary/aromatic N) is 3. The Kier molecular flexibility index (Phi) is 2.90. The lowest BCUT2D eigenvalue weighted by Gasteiger charge is -2.09. The van der Waals surface area contributed by atoms with E-state index in [0.29, 0.717) is 16.7 Å². The molecule has 7 nitrogen and oxygen atoms in total. The fourth-order valence-electron chi connectivity index (χ4n) is 2.40. The number of nitrogens with two attached hydrogens (primary N) is 1. The van der Waals surface area contributed by atoms with Crippen molar-refractivity contribution in [2.45, 2.75) is 0 Å². The molecule has 4 N–H and O–H groups in total. The van der Waals surface area contributed by atoms with Gasteiger partial charge >= 0.3 is 0 Å². The predicted molar refractivity (Wildman–Crippen MR) is 86.3 cm³/mol. The van der Waals surface area contributed by atoms with Crippen LogP contribution in [0.15, 0.2) is 42.7 Å². The third-order valence-corrected chi connectivity index (χ3v) is 3.48. The highest BCUT2D eigenvalue weighted by Crippen LogP contribution is 2.25. The minimum absolute atomic E-state index is 0.0595. The molecule has 0 aliphatic carbocycles. The molecule has 0 fully saturated rings. The number of hydrogen-bond donors (Lipinski definition) is 3. The summed E-state index contributed by atoms with van der Waals surface area (Å²) in [6, 6.07) is 9.50. The van der Waals surface area contributed by atoms with Crippen LogP contribution in [0.1, 0.15) is 10.6 Å². The van der Waals surface area contributed by atoms with Gasteiger partial charge in [-0.1, -0.05) is 0 Å². The molecule has 0 aliphatic heterocycles. The number of fused-ring (bicyclic) bond motifs is 2. The number of hydrogen-bond acceptors (Lipinski definition) is 5. The Morgan fingerprint density at radius 3 is 3.04 bits per heavy atom. The molecule has 23 heavy (non-hydrogen) atoms. The number of carbonyl (C=O) groups is 1. The molecule has 1 amide bonds. The van der Waals surface area contributed by atoms with E-state index >= 15 is 0 Å². The predicted octanol–water partition coefficient (Wildman–Crippen LogP) is 2.15. The van der Waals surface area contributed by atoms with Gasteiger partial charge in [0, 0.05) is 28.2 Å². The maximum absolute atomic E-state index is 11.4. The molecule has 4 aromatic rings. The molecule has 0 saturated heterocycles. The SMILES string of the molecule is NC(=O)c1nc(Nc2ccc3[nH]ccc3c2)c2c[c]ncc2n1. The Labute approximate surface area is 130 Å². The van der Waals surface area contributed by atoms with Gasteiger partial charge in [-0.3, -0.25) is 9.78 Å². The maximum atomic E-state index is 11.4. The lowest BCUT2D eigenvalue weighted by Crippen LogP contribution is -2.16. The van der Waals surface area contributed by atoms with Crippen molar-refractivity contribution in [3.8, 4) is 0 Å². The molecular formula is C16H11N6O. The van der Waals surface area contributed by atoms with Crippen molar-refractivity contribution in [2.75, 3.05) is 5.32 Å². The van der Waals surface area contributed by atoms with E-state index in [2.05, 4.69) is 31.4 Å². The number of pyridine rings is 1. The molecule has 0 bridgehead atoms. The van der Waals surface area contributed by atoms with Crippen molar-refractivity contribution < 1.29 is 4.79 Å². The number of anilines is 2. The molecule has 4 rings (SSSR count). The summed E-state index contributed by atoms with van der Waals surface area (Å²) in [6.45, 7) is 0. The highest BCUT2D eigenvalue weighted by atomic mass is 16.1. The monoisotopic (exact) mass is 303 g/mol. The molecule has 7 heteroatoms. The van der Waals surface area contributed by atoms with Crippen molar-refractivity contribution in [3.63, 3.8) is 0 Å². The third-order valence-electron chi connectivity index (χ3n) is 3.48. The fraction of sp³-hybridized carbons (Fsp3) is 0. The quantitative estimate of drug-likeness (QED) is 0.537. The summed E-state index contributed by atoms with van der Waals surface area (Å²) in [6.07, 6.45) is 6.14. The summed E-state index contributed by atoms with van der Waals surface area (Å²) >= 11 is 0. The Morgan fingerprint density at radius 1 is 1.26 bits per heavy atom. The fourth-order valence-corrected chi connectivity index (χ4v) is 2.40. The van der Waals surface area contributed by atoms with Crippen LogP contribution < -0.4 is 11.1 Å². The Hall–Kier alpha value is -3.48. The standard InChI is InChI=1S/C16H11N6O/c17-14(23)16-21-13-8-18-5-4-11(13)15(22-16)20-10-1-2-12-9(7-10)3-6-19-12/h1-4,6-8,19H,(H2,17,23)(H,20,21,22). The smallest absolute Gasteiger partial charge is 0.286 e. The van der Waals surface area contributed by atoms with E-state index in [-0.39, 0.29) is 5.82 Å². The average molecular weight is 303 g/mol. The van der Waals surface area contributed by atoms with E-state index in [9.17, 15) is 4.79 Å². The number of aromatic amines is 1. The van der Waals surface area contributed by atoms with E-state index in [1.807, 2.05) is 30.5 Å². The first-order valence-corrected chi connectivity index (χ1v) is 6.88. The zero-order chi connectivity index (χ0) is 15.8. The number of carbonyl (C=O) groups excluding carboxylic acids is 1. The summed E-state index contributed by atoms with van der Waals surface area (Å²) < 4.78 is 0. The van der Waals surface area contributed by atoms with Gasteiger partial charge in [0.15, 0.2) is 0 Å². The van der Waals surface area contributed by atoms with Crippen molar-refractivity contribution in [2.24, 2.45) is 5.73 Å². The maximum Gasteiger partial charge on any atom is 0.286 e. The van der Waals surface area contributed by atoms with Crippen LogP contribution in [-0.4, -0.2) is 25.8 Å². The van der Waals surface area contributed by atoms with Crippen LogP contribution in [0.5, 0.6) is 0 Å². The second-order valence-corrected chi connectivity index (χ2v) is 5.00. The number of amides is 1. The molecule has 0 unspecified atom stereocenters. The van der Waals surface area contributed by atoms with Gasteiger partial charge in [-0.25, -0.2) is 9.97 Å². The second-order valence-electron chi connectivity index (χ2n) is 5.00. The Morgan fingerprint density at radius 2 is 2.17 bits per heavy atom. The van der Waals surface area contributed by atoms with Gasteiger partial charge in [-0.2, -0.15) is 0 Å². The normalized spacial score (nSPS) is 11.0. The number of benzene rings is 1. The van der Waals surface area contributed by atoms with E-state index in [0.717, 1.165) is 16.6 Å². The number of nitrogens with one attached hydrogen (secondary N) is 2. The zero-order valence-corrected chi connectivity index (χ0v) is 11.9. The van der Waals surface area contributed by atoms with Gasteiger partial charge in [-0.15, -0.1) is 0 Å². The molecule has 0 saturated carbocycles. The molecule has 0 spiro atoms. The van der Waals surface area contributed by atoms with Crippen molar-refractivity contribution in [1.82, 2.24) is 19.9 Å². The summed E-state index contributed by atoms with van der Waals surface area (Å²) in [7, 11) is 0. The first-order valence-electron chi connectivity index (χ1n) is 6.88. The number of H-pyrrole nitrogens is 1. The summed E-state index contributed by atoms with van der Waals surface area (Å²) in [5, 5.41) is 4.98. The summed E-state index contributed by atoms with van der Waals surface area (Å²) in [5.41, 5.74) is 7.71. The summed E-state index contributed by atoms with van der Waals surface area (Å²) in [5.74, 6) is -0.267. The number of primary amides is 1. The first kappa shape index (κ1) is 13.2. The lowest BCUT2D eigenvalue weighted by atomic mass is 10.2. The van der Waals surface area contributed by atoms with Gasteiger partial charge in [0.1, 0.15) is 5.82 Å². The van der Waals surface area contributed by atoms with Crippen molar-refractivity contribution in [1.29, 1.82) is 0 Å². The Balaban J connectivity index is 1.84. The van der Waals surface area contributed by atoms with E-state index in [1.165, 1.54) is 6.20 Å². The molecule has 0 aliphatic rings. The largest absolute Gasteiger partial charge is 0.363 e. The van der Waals surface area contributed by atoms with Crippen molar-refractivity contribution >= 4 is 39.2 Å². The second kappa shape index (κ2) is 5.06. The van der Waals surface area contributed by atoms with Crippen LogP contribution in [0, 0.1) is 6.20 Å². The van der Waals surface area contributed by atoms with Crippen molar-refractivity contribution in [3.05, 3.63) is 54.7 Å². The minimum Gasteiger partial charge on any atom is -0.363 e. The van der Waals surface area contributed by atoms with Crippen LogP contribution in [0.2, 0.25) is 0 Å². The molecule has 1 aromatic carbocycles. The van der Waals surface area contributed by atoms with Gasteiger partial charge < -0.3 is 16.0 Å². The molecule has 111 valence electrons. The van der Waals surface area contributed by atoms with Gasteiger partial charge in [0.2, 0.25) is 5.82 Å². The number of rotatable bonds is 3. The van der Waals surface area contributed by atoms with Crippen LogP contribution in [0.3, 0.4) is 0 Å². The lowest BCUT2D eigenvalue weighted by molar-refractivity contribution is 0.0991. The molecule has 3 heterocycles. The van der Waals surface area contributed by atoms with Gasteiger partial charge in [0.25, 0.3) is 5.91 Å². The van der Waals surface area contributed by atoms with Gasteiger partial charge in [-0.05, 0) is 30.3 Å². The molecule has 0 atom stereocenters. The van der Waals surface area contributed by atoms with Crippen LogP contribution >= 0.6 is 0 Å². The Bertz CT molecular complexity index is 1040. The first-order chi connectivity index (χ1) is 11.2. The zero-order valence-electron chi connectivity index (χ0n) is 11.9. The van der Waals surface area contributed by atoms with Crippen LogP contribution in [0.25, 0.3) is 21.8 Å². The molecular weight excluding hydrogens is 292 g/mol. The van der Waals surface area contributed by atoms with E-state index in [1.54, 1.807) is 6.07 Å². The highest BCUT2D eigenvalue weighted by molar-refractivity contribution is 5.96. The molecule has 1 radical (unpaired) electrons. The van der Waals surface area contributed by atoms with E-state index < -0.39 is 5.91 Å². The van der Waals surface area contributed by atoms with Crippen LogP contribution in [0.4, 0.5) is 11.5 Å².